The van der Waals surface area contributed by atoms with E-state index in [2.05, 4.69) is 15.2 Å². The minimum atomic E-state index is -1.08. The van der Waals surface area contributed by atoms with Gasteiger partial charge in [0.05, 0.1) is 18.8 Å². The fourth-order valence-corrected chi connectivity index (χ4v) is 2.52. The van der Waals surface area contributed by atoms with Crippen LogP contribution in [0.2, 0.25) is 0 Å². The van der Waals surface area contributed by atoms with Crippen molar-refractivity contribution < 1.29 is 9.50 Å². The van der Waals surface area contributed by atoms with Crippen LogP contribution in [0.25, 0.3) is 0 Å². The van der Waals surface area contributed by atoms with Crippen molar-refractivity contribution in [1.82, 2.24) is 10.2 Å². The number of nitrogens with one attached hydrogen (secondary N) is 1. The summed E-state index contributed by atoms with van der Waals surface area (Å²) in [6, 6.07) is 1.49. The van der Waals surface area contributed by atoms with Gasteiger partial charge in [0.15, 0.2) is 0 Å². The summed E-state index contributed by atoms with van der Waals surface area (Å²) in [5.41, 5.74) is 1.87. The first-order valence-electron chi connectivity index (χ1n) is 6.46. The molecule has 5 nitrogen and oxygen atoms in total. The summed E-state index contributed by atoms with van der Waals surface area (Å²) in [6.45, 7) is 2.02. The first-order chi connectivity index (χ1) is 9.11. The predicted molar refractivity (Wildman–Crippen MR) is 70.5 cm³/mol. The van der Waals surface area contributed by atoms with E-state index in [-0.39, 0.29) is 24.6 Å². The summed E-state index contributed by atoms with van der Waals surface area (Å²) in [5.74, 6) is 0.0138. The molecule has 0 saturated heterocycles. The van der Waals surface area contributed by atoms with Crippen LogP contribution in [-0.4, -0.2) is 40.3 Å². The van der Waals surface area contributed by atoms with Crippen LogP contribution in [0.5, 0.6) is 0 Å². The number of aliphatic hydroxyl groups is 1. The highest BCUT2D eigenvalue weighted by Crippen LogP contribution is 2.33. The fourth-order valence-electron chi connectivity index (χ4n) is 2.52. The monoisotopic (exact) mass is 267 g/mol. The second-order valence-corrected chi connectivity index (χ2v) is 4.84. The quantitative estimate of drug-likeness (QED) is 0.861. The Kier molecular flexibility index (Phi) is 4.42. The number of aliphatic imine (C=N–C) groups is 1. The number of rotatable bonds is 3. The fraction of sp³-hybridized carbons (Fsp3) is 0.615. The summed E-state index contributed by atoms with van der Waals surface area (Å²) in [5, 5.41) is 15.1. The van der Waals surface area contributed by atoms with Crippen molar-refractivity contribution in [1.29, 1.82) is 0 Å². The molecule has 0 spiro atoms. The number of alkyl halides is 1. The van der Waals surface area contributed by atoms with Crippen LogP contribution in [0.1, 0.15) is 36.4 Å². The van der Waals surface area contributed by atoms with E-state index < -0.39 is 6.17 Å². The van der Waals surface area contributed by atoms with Crippen molar-refractivity contribution in [3.63, 3.8) is 0 Å². The lowest BCUT2D eigenvalue weighted by Crippen LogP contribution is -2.27. The van der Waals surface area contributed by atoms with Gasteiger partial charge < -0.3 is 5.11 Å². The molecule has 2 rings (SSSR count). The molecule has 0 bridgehead atoms. The molecular weight excluding hydrogens is 249 g/mol. The Balaban J connectivity index is 2.11. The molecule has 0 aliphatic heterocycles. The summed E-state index contributed by atoms with van der Waals surface area (Å²) in [6.07, 6.45) is 0.597. The molecule has 2 N–H and O–H groups in total. The van der Waals surface area contributed by atoms with Gasteiger partial charge in [0, 0.05) is 17.7 Å². The van der Waals surface area contributed by atoms with Crippen LogP contribution in [-0.2, 0) is 0 Å². The zero-order valence-corrected chi connectivity index (χ0v) is 10.9. The number of H-pyrrole nitrogens is 1. The molecule has 1 fully saturated rings. The second-order valence-electron chi connectivity index (χ2n) is 4.84. The van der Waals surface area contributed by atoms with Crippen LogP contribution in [0.4, 0.5) is 4.39 Å². The maximum Gasteiger partial charge on any atom is 0.264 e. The highest BCUT2D eigenvalue weighted by atomic mass is 19.1. The average molecular weight is 267 g/mol. The van der Waals surface area contributed by atoms with Crippen molar-refractivity contribution in [3.8, 4) is 0 Å². The van der Waals surface area contributed by atoms with E-state index >= 15 is 0 Å². The van der Waals surface area contributed by atoms with Gasteiger partial charge in [-0.05, 0) is 31.7 Å². The molecule has 6 heteroatoms. The Morgan fingerprint density at radius 2 is 2.42 bits per heavy atom. The predicted octanol–water partition coefficient (Wildman–Crippen LogP) is 1.12. The molecule has 1 aliphatic carbocycles. The molecular formula is C13H18FN3O2. The molecule has 2 atom stereocenters. The summed E-state index contributed by atoms with van der Waals surface area (Å²) >= 11 is 0. The second kappa shape index (κ2) is 6.06. The van der Waals surface area contributed by atoms with Gasteiger partial charge in [-0.2, -0.15) is 5.10 Å². The first kappa shape index (κ1) is 13.9. The third-order valence-corrected chi connectivity index (χ3v) is 3.44. The minimum Gasteiger partial charge on any atom is -0.394 e. The Bertz CT molecular complexity index is 527. The minimum absolute atomic E-state index is 0.0138. The van der Waals surface area contributed by atoms with Crippen molar-refractivity contribution in [3.05, 3.63) is 27.7 Å². The van der Waals surface area contributed by atoms with E-state index in [4.69, 9.17) is 5.11 Å². The highest BCUT2D eigenvalue weighted by molar-refractivity contribution is 5.89. The Morgan fingerprint density at radius 3 is 3.05 bits per heavy atom. The lowest BCUT2D eigenvalue weighted by atomic mass is 9.83. The van der Waals surface area contributed by atoms with Crippen molar-refractivity contribution in [2.75, 3.05) is 13.2 Å². The molecule has 1 saturated carbocycles. The number of aromatic nitrogens is 2. The summed E-state index contributed by atoms with van der Waals surface area (Å²) in [4.78, 5) is 15.2. The number of aromatic amines is 1. The van der Waals surface area contributed by atoms with E-state index in [9.17, 15) is 9.18 Å². The van der Waals surface area contributed by atoms with E-state index in [1.807, 2.05) is 6.92 Å². The van der Waals surface area contributed by atoms with Gasteiger partial charge in [-0.15, -0.1) is 0 Å². The van der Waals surface area contributed by atoms with Gasteiger partial charge in [-0.25, -0.2) is 9.49 Å². The molecule has 104 valence electrons. The van der Waals surface area contributed by atoms with Crippen LogP contribution in [0, 0.1) is 6.92 Å². The Hall–Kier alpha value is -1.56. The van der Waals surface area contributed by atoms with Gasteiger partial charge >= 0.3 is 0 Å². The smallest absolute Gasteiger partial charge is 0.264 e. The standard InChI is InChI=1S/C13H18FN3O2/c1-8-6-12(19)16-17-13(8)9-2-3-11(10(14)7-9)15-4-5-18/h6,9-10,18H,2-5,7H2,1H3,(H,16,19). The molecule has 1 aliphatic rings. The maximum atomic E-state index is 14.0. The first-order valence-corrected chi connectivity index (χ1v) is 6.46. The van der Waals surface area contributed by atoms with Crippen molar-refractivity contribution in [2.24, 2.45) is 4.99 Å². The molecule has 0 aromatic carbocycles. The molecule has 1 aromatic heterocycles. The topological polar surface area (TPSA) is 78.3 Å². The van der Waals surface area contributed by atoms with E-state index in [0.29, 0.717) is 18.6 Å². The largest absolute Gasteiger partial charge is 0.394 e. The zero-order chi connectivity index (χ0) is 13.8. The van der Waals surface area contributed by atoms with E-state index in [0.717, 1.165) is 17.7 Å². The van der Waals surface area contributed by atoms with Crippen LogP contribution < -0.4 is 5.56 Å². The Labute approximate surface area is 110 Å². The Morgan fingerprint density at radius 1 is 1.63 bits per heavy atom. The molecule has 1 heterocycles. The zero-order valence-electron chi connectivity index (χ0n) is 10.9. The van der Waals surface area contributed by atoms with Crippen LogP contribution in [0.15, 0.2) is 15.9 Å². The van der Waals surface area contributed by atoms with E-state index in [1.54, 1.807) is 0 Å². The van der Waals surface area contributed by atoms with Gasteiger partial charge in [0.2, 0.25) is 0 Å². The van der Waals surface area contributed by atoms with Crippen molar-refractivity contribution in [2.45, 2.75) is 38.3 Å². The van der Waals surface area contributed by atoms with Crippen LogP contribution >= 0.6 is 0 Å². The molecule has 19 heavy (non-hydrogen) atoms. The third-order valence-electron chi connectivity index (χ3n) is 3.44. The van der Waals surface area contributed by atoms with Crippen LogP contribution in [0.3, 0.4) is 0 Å². The summed E-state index contributed by atoms with van der Waals surface area (Å²) < 4.78 is 14.0. The number of aryl methyl sites for hydroxylation is 1. The number of hydrogen-bond acceptors (Lipinski definition) is 4. The van der Waals surface area contributed by atoms with E-state index in [1.165, 1.54) is 6.07 Å². The third kappa shape index (κ3) is 3.26. The maximum absolute atomic E-state index is 14.0. The molecule has 1 aromatic rings. The lowest BCUT2D eigenvalue weighted by Gasteiger charge is -2.26. The normalized spacial score (nSPS) is 25.7. The number of hydrogen-bond donors (Lipinski definition) is 2. The van der Waals surface area contributed by atoms with Gasteiger partial charge in [0.1, 0.15) is 6.17 Å². The molecule has 2 unspecified atom stereocenters. The average Bonchev–Trinajstić information content (AvgIpc) is 2.37. The highest BCUT2D eigenvalue weighted by Gasteiger charge is 2.29. The van der Waals surface area contributed by atoms with Gasteiger partial charge in [-0.3, -0.25) is 9.79 Å². The number of halogens is 1. The molecule has 0 amide bonds. The van der Waals surface area contributed by atoms with Gasteiger partial charge in [0.25, 0.3) is 5.56 Å². The SMILES string of the molecule is Cc1cc(=O)[nH]nc1C1CCC(=NCCO)C(F)C1. The molecule has 0 radical (unpaired) electrons. The lowest BCUT2D eigenvalue weighted by molar-refractivity contribution is 0.303. The van der Waals surface area contributed by atoms with Gasteiger partial charge in [-0.1, -0.05) is 0 Å². The number of aliphatic hydroxyl groups excluding tert-OH is 1. The number of nitrogens with zero attached hydrogens (tertiary/aromatic N) is 2. The van der Waals surface area contributed by atoms with Crippen molar-refractivity contribution >= 4 is 5.71 Å². The summed E-state index contributed by atoms with van der Waals surface area (Å²) in [7, 11) is 0.